The maximum atomic E-state index is 3.58. The predicted octanol–water partition coefficient (Wildman–Crippen LogP) is 2.89. The van der Waals surface area contributed by atoms with E-state index in [1.807, 2.05) is 0 Å². The molecule has 0 aromatic carbocycles. The van der Waals surface area contributed by atoms with E-state index >= 15 is 0 Å². The lowest BCUT2D eigenvalue weighted by molar-refractivity contribution is 0.217. The Kier molecular flexibility index (Phi) is 7.06. The van der Waals surface area contributed by atoms with Gasteiger partial charge in [0.2, 0.25) is 0 Å². The monoisotopic (exact) mass is 226 g/mol. The van der Waals surface area contributed by atoms with Crippen LogP contribution in [0.15, 0.2) is 0 Å². The molecule has 0 amide bonds. The highest BCUT2D eigenvalue weighted by molar-refractivity contribution is 4.75. The van der Waals surface area contributed by atoms with Crippen LogP contribution in [0.5, 0.6) is 0 Å². The Hall–Kier alpha value is -0.0800. The maximum absolute atomic E-state index is 3.58. The SMILES string of the molecule is CCCCCN(CCNCC1CC1)C(C)C. The Bertz CT molecular complexity index is 164. The van der Waals surface area contributed by atoms with E-state index in [1.54, 1.807) is 0 Å². The standard InChI is InChI=1S/C14H30N2/c1-4-5-6-10-16(13(2)3)11-9-15-12-14-7-8-14/h13-15H,4-12H2,1-3H3. The van der Waals surface area contributed by atoms with E-state index in [4.69, 9.17) is 0 Å². The van der Waals surface area contributed by atoms with E-state index in [0.29, 0.717) is 6.04 Å². The van der Waals surface area contributed by atoms with Crippen molar-refractivity contribution in [3.8, 4) is 0 Å². The molecule has 1 aliphatic carbocycles. The van der Waals surface area contributed by atoms with Gasteiger partial charge in [-0.1, -0.05) is 19.8 Å². The van der Waals surface area contributed by atoms with Gasteiger partial charge in [-0.05, 0) is 52.1 Å². The molecule has 1 rings (SSSR count). The summed E-state index contributed by atoms with van der Waals surface area (Å²) in [5, 5.41) is 3.58. The molecule has 1 N–H and O–H groups in total. The van der Waals surface area contributed by atoms with Gasteiger partial charge in [-0.25, -0.2) is 0 Å². The Morgan fingerprint density at radius 2 is 1.94 bits per heavy atom. The highest BCUT2D eigenvalue weighted by Crippen LogP contribution is 2.27. The van der Waals surface area contributed by atoms with E-state index in [2.05, 4.69) is 31.0 Å². The van der Waals surface area contributed by atoms with E-state index in [9.17, 15) is 0 Å². The molecule has 0 atom stereocenters. The van der Waals surface area contributed by atoms with Crippen LogP contribution >= 0.6 is 0 Å². The van der Waals surface area contributed by atoms with Crippen molar-refractivity contribution >= 4 is 0 Å². The summed E-state index contributed by atoms with van der Waals surface area (Å²) < 4.78 is 0. The van der Waals surface area contributed by atoms with Gasteiger partial charge >= 0.3 is 0 Å². The largest absolute Gasteiger partial charge is 0.315 e. The Labute approximate surface area is 102 Å². The second-order valence-corrected chi connectivity index (χ2v) is 5.48. The fraction of sp³-hybridized carbons (Fsp3) is 1.00. The molecule has 2 heteroatoms. The number of hydrogen-bond donors (Lipinski definition) is 1. The van der Waals surface area contributed by atoms with Crippen molar-refractivity contribution in [1.29, 1.82) is 0 Å². The third kappa shape index (κ3) is 6.49. The summed E-state index contributed by atoms with van der Waals surface area (Å²) in [7, 11) is 0. The molecule has 0 unspecified atom stereocenters. The molecule has 96 valence electrons. The fourth-order valence-electron chi connectivity index (χ4n) is 2.04. The summed E-state index contributed by atoms with van der Waals surface area (Å²) in [5.41, 5.74) is 0. The van der Waals surface area contributed by atoms with Crippen LogP contribution in [0.25, 0.3) is 0 Å². The first-order valence-corrected chi connectivity index (χ1v) is 7.18. The van der Waals surface area contributed by atoms with Gasteiger partial charge in [0.25, 0.3) is 0 Å². The molecule has 0 radical (unpaired) electrons. The van der Waals surface area contributed by atoms with Crippen LogP contribution in [0.1, 0.15) is 52.9 Å². The van der Waals surface area contributed by atoms with Crippen molar-refractivity contribution < 1.29 is 0 Å². The summed E-state index contributed by atoms with van der Waals surface area (Å²) in [6, 6.07) is 0.694. The van der Waals surface area contributed by atoms with Crippen LogP contribution in [0.2, 0.25) is 0 Å². The molecular formula is C14H30N2. The molecule has 0 aliphatic heterocycles. The molecule has 1 saturated carbocycles. The van der Waals surface area contributed by atoms with E-state index in [-0.39, 0.29) is 0 Å². The van der Waals surface area contributed by atoms with Crippen molar-refractivity contribution in [3.05, 3.63) is 0 Å². The van der Waals surface area contributed by atoms with Gasteiger partial charge < -0.3 is 5.32 Å². The van der Waals surface area contributed by atoms with Gasteiger partial charge in [0.15, 0.2) is 0 Å². The minimum Gasteiger partial charge on any atom is -0.315 e. The minimum atomic E-state index is 0.694. The number of hydrogen-bond acceptors (Lipinski definition) is 2. The first-order chi connectivity index (χ1) is 7.74. The summed E-state index contributed by atoms with van der Waals surface area (Å²) in [6.07, 6.45) is 6.97. The molecule has 0 aromatic heterocycles. The first kappa shape index (κ1) is 14.0. The first-order valence-electron chi connectivity index (χ1n) is 7.18. The quantitative estimate of drug-likeness (QED) is 0.576. The molecule has 0 heterocycles. The van der Waals surface area contributed by atoms with Crippen molar-refractivity contribution in [2.24, 2.45) is 5.92 Å². The maximum Gasteiger partial charge on any atom is 0.0110 e. The Balaban J connectivity index is 2.01. The highest BCUT2D eigenvalue weighted by Gasteiger charge is 2.20. The zero-order valence-electron chi connectivity index (χ0n) is 11.5. The number of rotatable bonds is 10. The average molecular weight is 226 g/mol. The summed E-state index contributed by atoms with van der Waals surface area (Å²) >= 11 is 0. The number of unbranched alkanes of at least 4 members (excludes halogenated alkanes) is 2. The zero-order valence-corrected chi connectivity index (χ0v) is 11.5. The number of nitrogens with zero attached hydrogens (tertiary/aromatic N) is 1. The molecule has 0 aromatic rings. The van der Waals surface area contributed by atoms with Crippen LogP contribution in [0, 0.1) is 5.92 Å². The second kappa shape index (κ2) is 8.08. The van der Waals surface area contributed by atoms with Crippen LogP contribution in [0.4, 0.5) is 0 Å². The van der Waals surface area contributed by atoms with Crippen molar-refractivity contribution in [1.82, 2.24) is 10.2 Å². The van der Waals surface area contributed by atoms with Gasteiger partial charge in [0, 0.05) is 19.1 Å². The molecule has 2 nitrogen and oxygen atoms in total. The lowest BCUT2D eigenvalue weighted by Gasteiger charge is -2.26. The summed E-state index contributed by atoms with van der Waals surface area (Å²) in [6.45, 7) is 11.8. The summed E-state index contributed by atoms with van der Waals surface area (Å²) in [5.74, 6) is 1.01. The summed E-state index contributed by atoms with van der Waals surface area (Å²) in [4.78, 5) is 2.61. The van der Waals surface area contributed by atoms with Crippen LogP contribution in [0.3, 0.4) is 0 Å². The van der Waals surface area contributed by atoms with Crippen molar-refractivity contribution in [2.75, 3.05) is 26.2 Å². The zero-order chi connectivity index (χ0) is 11.8. The lowest BCUT2D eigenvalue weighted by Crippen LogP contribution is -2.38. The van der Waals surface area contributed by atoms with Gasteiger partial charge in [0.1, 0.15) is 0 Å². The van der Waals surface area contributed by atoms with E-state index < -0.39 is 0 Å². The molecule has 1 aliphatic rings. The number of nitrogens with one attached hydrogen (secondary N) is 1. The Morgan fingerprint density at radius 3 is 2.50 bits per heavy atom. The van der Waals surface area contributed by atoms with Crippen LogP contribution in [-0.2, 0) is 0 Å². The molecular weight excluding hydrogens is 196 g/mol. The topological polar surface area (TPSA) is 15.3 Å². The Morgan fingerprint density at radius 1 is 1.19 bits per heavy atom. The minimum absolute atomic E-state index is 0.694. The third-order valence-corrected chi connectivity index (χ3v) is 3.48. The van der Waals surface area contributed by atoms with Gasteiger partial charge in [-0.15, -0.1) is 0 Å². The highest BCUT2D eigenvalue weighted by atomic mass is 15.2. The van der Waals surface area contributed by atoms with Gasteiger partial charge in [-0.2, -0.15) is 0 Å². The van der Waals surface area contributed by atoms with E-state index in [1.165, 1.54) is 58.3 Å². The van der Waals surface area contributed by atoms with Crippen LogP contribution < -0.4 is 5.32 Å². The van der Waals surface area contributed by atoms with Crippen LogP contribution in [-0.4, -0.2) is 37.1 Å². The van der Waals surface area contributed by atoms with Crippen molar-refractivity contribution in [2.45, 2.75) is 58.9 Å². The molecule has 0 spiro atoms. The van der Waals surface area contributed by atoms with Gasteiger partial charge in [-0.3, -0.25) is 4.90 Å². The smallest absolute Gasteiger partial charge is 0.0110 e. The third-order valence-electron chi connectivity index (χ3n) is 3.48. The van der Waals surface area contributed by atoms with Gasteiger partial charge in [0.05, 0.1) is 0 Å². The normalized spacial score (nSPS) is 16.3. The molecule has 0 saturated heterocycles. The molecule has 0 bridgehead atoms. The average Bonchev–Trinajstić information content (AvgIpc) is 3.05. The van der Waals surface area contributed by atoms with Crippen molar-refractivity contribution in [3.63, 3.8) is 0 Å². The fourth-order valence-corrected chi connectivity index (χ4v) is 2.04. The molecule has 16 heavy (non-hydrogen) atoms. The lowest BCUT2D eigenvalue weighted by atomic mass is 10.2. The van der Waals surface area contributed by atoms with E-state index in [0.717, 1.165) is 5.92 Å². The second-order valence-electron chi connectivity index (χ2n) is 5.48. The predicted molar refractivity (Wildman–Crippen MR) is 71.8 cm³/mol. The molecule has 1 fully saturated rings.